The van der Waals surface area contributed by atoms with Crippen LogP contribution in [0.25, 0.3) is 5.57 Å². The molecule has 14 nitrogen and oxygen atoms in total. The number of benzene rings is 3. The third kappa shape index (κ3) is 12.8. The molecule has 4 aliphatic heterocycles. The smallest absolute Gasteiger partial charge is 0.257 e. The standard InChI is InChI=1S/C54H68N8O6/c1-36(55)49(50-58-43(39-12-7-6-8-13-39)33-46(59-50)61-31-23-38(24-32-61)22-29-57-67)40-18-16-37(17-19-40)11-10-25-53(2,3)26-27-54(4,5)28-30-56-48(64)35-68-45-15-9-14-41-42(45)34-62(52(41)66)44-20-21-47(63)60-51(44)65/h6-9,12-19,33,38,44,55,59H,10-11,20-32,34-35H2,1-5H3,(H,56,64)(H,60,63,65)/b50-49+,55-36?. The summed E-state index contributed by atoms with van der Waals surface area (Å²) in [6.07, 6.45) is 11.4. The highest BCUT2D eigenvalue weighted by atomic mass is 16.5. The van der Waals surface area contributed by atoms with Crippen LogP contribution >= 0.6 is 0 Å². The van der Waals surface area contributed by atoms with Crippen LogP contribution in [0, 0.1) is 27.1 Å². The second-order valence-electron chi connectivity index (χ2n) is 20.4. The van der Waals surface area contributed by atoms with Gasteiger partial charge < -0.3 is 30.6 Å². The minimum atomic E-state index is -0.720. The molecule has 1 atom stereocenters. The molecule has 360 valence electrons. The average Bonchev–Trinajstić information content (AvgIpc) is 3.66. The highest BCUT2D eigenvalue weighted by Crippen LogP contribution is 2.37. The Labute approximate surface area is 400 Å². The van der Waals surface area contributed by atoms with Gasteiger partial charge >= 0.3 is 0 Å². The molecule has 3 aromatic carbocycles. The predicted molar refractivity (Wildman–Crippen MR) is 266 cm³/mol. The third-order valence-corrected chi connectivity index (χ3v) is 14.1. The first-order valence-electron chi connectivity index (χ1n) is 24.3. The molecule has 68 heavy (non-hydrogen) atoms. The number of carbonyl (C=O) groups is 4. The molecule has 4 aliphatic rings. The van der Waals surface area contributed by atoms with E-state index in [9.17, 15) is 24.1 Å². The number of nitroso groups, excluding NO2 is 1. The van der Waals surface area contributed by atoms with Gasteiger partial charge in [-0.15, -0.1) is 0 Å². The number of aliphatic imine (C=N–C) groups is 1. The molecule has 2 saturated heterocycles. The monoisotopic (exact) mass is 925 g/mol. The number of nitrogens with one attached hydrogen (secondary N) is 4. The first-order chi connectivity index (χ1) is 32.6. The number of allylic oxidation sites excluding steroid dienone is 2. The van der Waals surface area contributed by atoms with Gasteiger partial charge in [0.05, 0.1) is 18.8 Å². The molecule has 1 unspecified atom stereocenters. The molecule has 7 rings (SSSR count). The molecule has 4 N–H and O–H groups in total. The summed E-state index contributed by atoms with van der Waals surface area (Å²) in [7, 11) is 0. The SMILES string of the molecule is CC(=N)/C(=C1/N=C(c2ccccc2)C=C(N2CCC(CCN=O)CC2)N1)c1ccc(CCCC(C)(C)CCC(C)(C)CCNC(=O)COc2cccc3c2CN(C2CCC(=O)NC2=O)C3=O)cc1. The summed E-state index contributed by atoms with van der Waals surface area (Å²) in [6, 6.07) is 23.2. The highest BCUT2D eigenvalue weighted by Gasteiger charge is 2.40. The molecule has 3 aromatic rings. The van der Waals surface area contributed by atoms with Crippen LogP contribution in [0.4, 0.5) is 0 Å². The Morgan fingerprint density at radius 2 is 1.62 bits per heavy atom. The molecule has 0 aromatic heterocycles. The molecule has 0 saturated carbocycles. The van der Waals surface area contributed by atoms with Crippen molar-refractivity contribution in [3.05, 3.63) is 123 Å². The zero-order chi connectivity index (χ0) is 48.4. The van der Waals surface area contributed by atoms with Crippen LogP contribution < -0.4 is 20.7 Å². The zero-order valence-corrected chi connectivity index (χ0v) is 40.4. The number of fused-ring (bicyclic) bond motifs is 1. The number of amides is 4. The molecule has 0 aliphatic carbocycles. The van der Waals surface area contributed by atoms with E-state index < -0.39 is 11.9 Å². The summed E-state index contributed by atoms with van der Waals surface area (Å²) >= 11 is 0. The maximum Gasteiger partial charge on any atom is 0.257 e. The molecule has 14 heteroatoms. The lowest BCUT2D eigenvalue weighted by Crippen LogP contribution is -2.52. The molecular formula is C54H68N8O6. The van der Waals surface area contributed by atoms with E-state index in [1.807, 2.05) is 25.1 Å². The van der Waals surface area contributed by atoms with Gasteiger partial charge in [-0.2, -0.15) is 4.91 Å². The number of hydrogen-bond acceptors (Lipinski definition) is 11. The number of aryl methyl sites for hydroxylation is 1. The number of imide groups is 1. The van der Waals surface area contributed by atoms with Gasteiger partial charge in [-0.3, -0.25) is 24.5 Å². The Bertz CT molecular complexity index is 2450. The lowest BCUT2D eigenvalue weighted by molar-refractivity contribution is -0.137. The Morgan fingerprint density at radius 1 is 0.897 bits per heavy atom. The van der Waals surface area contributed by atoms with E-state index >= 15 is 0 Å². The maximum absolute atomic E-state index is 13.2. The zero-order valence-electron chi connectivity index (χ0n) is 40.4. The summed E-state index contributed by atoms with van der Waals surface area (Å²) in [6.45, 7) is 13.6. The lowest BCUT2D eigenvalue weighted by atomic mass is 9.75. The van der Waals surface area contributed by atoms with Gasteiger partial charge in [0.25, 0.3) is 11.8 Å². The number of piperidine rings is 2. The fourth-order valence-corrected chi connectivity index (χ4v) is 9.70. The number of likely N-dealkylation sites (tertiary alicyclic amines) is 1. The van der Waals surface area contributed by atoms with Crippen LogP contribution in [0.15, 0.2) is 101 Å². The number of hydrogen-bond donors (Lipinski definition) is 4. The second-order valence-corrected chi connectivity index (χ2v) is 20.4. The van der Waals surface area contributed by atoms with Crippen molar-refractivity contribution in [2.45, 2.75) is 118 Å². The summed E-state index contributed by atoms with van der Waals surface area (Å²) < 4.78 is 5.91. The lowest BCUT2D eigenvalue weighted by Gasteiger charge is -2.36. The van der Waals surface area contributed by atoms with E-state index in [-0.39, 0.29) is 54.5 Å². The van der Waals surface area contributed by atoms with E-state index in [1.54, 1.807) is 18.2 Å². The van der Waals surface area contributed by atoms with E-state index in [4.69, 9.17) is 15.1 Å². The van der Waals surface area contributed by atoms with Crippen molar-refractivity contribution in [2.75, 3.05) is 32.8 Å². The summed E-state index contributed by atoms with van der Waals surface area (Å²) in [5.41, 5.74) is 6.53. The van der Waals surface area contributed by atoms with Crippen molar-refractivity contribution in [2.24, 2.45) is 26.9 Å². The Kier molecular flexibility index (Phi) is 16.1. The van der Waals surface area contributed by atoms with Crippen LogP contribution in [0.2, 0.25) is 0 Å². The number of rotatable bonds is 21. The van der Waals surface area contributed by atoms with Gasteiger partial charge in [-0.1, -0.05) is 93.5 Å². The van der Waals surface area contributed by atoms with Gasteiger partial charge in [0.2, 0.25) is 11.8 Å². The average molecular weight is 925 g/mol. The van der Waals surface area contributed by atoms with E-state index in [2.05, 4.69) is 96.2 Å². The van der Waals surface area contributed by atoms with E-state index in [0.29, 0.717) is 47.4 Å². The van der Waals surface area contributed by atoms with Gasteiger partial charge in [-0.05, 0) is 111 Å². The molecule has 0 spiro atoms. The molecular weight excluding hydrogens is 857 g/mol. The van der Waals surface area contributed by atoms with Gasteiger partial charge in [0, 0.05) is 60.1 Å². The first kappa shape index (κ1) is 49.5. The van der Waals surface area contributed by atoms with Crippen molar-refractivity contribution >= 4 is 40.6 Å². The Balaban J connectivity index is 0.867. The van der Waals surface area contributed by atoms with Crippen LogP contribution in [0.3, 0.4) is 0 Å². The van der Waals surface area contributed by atoms with Crippen molar-refractivity contribution in [3.63, 3.8) is 0 Å². The molecule has 0 bridgehead atoms. The maximum atomic E-state index is 13.2. The third-order valence-electron chi connectivity index (χ3n) is 14.1. The normalized spacial score (nSPS) is 18.5. The van der Waals surface area contributed by atoms with Crippen molar-refractivity contribution in [3.8, 4) is 5.75 Å². The van der Waals surface area contributed by atoms with Crippen LogP contribution in [-0.4, -0.2) is 83.7 Å². The number of carbonyl (C=O) groups excluding carboxylic acids is 4. The molecule has 2 fully saturated rings. The fourth-order valence-electron chi connectivity index (χ4n) is 9.70. The number of ether oxygens (including phenoxy) is 1. The first-order valence-corrected chi connectivity index (χ1v) is 24.3. The van der Waals surface area contributed by atoms with E-state index in [1.165, 1.54) is 10.5 Å². The van der Waals surface area contributed by atoms with E-state index in [0.717, 1.165) is 99.1 Å². The highest BCUT2D eigenvalue weighted by molar-refractivity contribution is 6.23. The van der Waals surface area contributed by atoms with Crippen molar-refractivity contribution in [1.82, 2.24) is 25.8 Å². The quantitative estimate of drug-likeness (QED) is 0.0464. The predicted octanol–water partition coefficient (Wildman–Crippen LogP) is 8.70. The minimum Gasteiger partial charge on any atom is -0.483 e. The largest absolute Gasteiger partial charge is 0.483 e. The van der Waals surface area contributed by atoms with Crippen LogP contribution in [0.5, 0.6) is 5.75 Å². The topological polar surface area (TPSA) is 186 Å². The molecule has 0 radical (unpaired) electrons. The van der Waals surface area contributed by atoms with Gasteiger partial charge in [0.15, 0.2) is 6.61 Å². The van der Waals surface area contributed by atoms with Crippen LogP contribution in [0.1, 0.15) is 131 Å². The van der Waals surface area contributed by atoms with Crippen LogP contribution in [-0.2, 0) is 27.3 Å². The molecule has 4 amide bonds. The Hall–Kier alpha value is -6.44. The summed E-state index contributed by atoms with van der Waals surface area (Å²) in [5, 5.41) is 20.9. The summed E-state index contributed by atoms with van der Waals surface area (Å²) in [4.78, 5) is 69.9. The van der Waals surface area contributed by atoms with Gasteiger partial charge in [-0.25, -0.2) is 4.99 Å². The fraction of sp³-hybridized carbons (Fsp3) is 0.481. The van der Waals surface area contributed by atoms with Crippen molar-refractivity contribution < 1.29 is 23.9 Å². The Morgan fingerprint density at radius 3 is 2.31 bits per heavy atom. The second kappa shape index (κ2) is 22.1. The molecule has 4 heterocycles. The van der Waals surface area contributed by atoms with Crippen molar-refractivity contribution in [1.29, 1.82) is 5.41 Å². The summed E-state index contributed by atoms with van der Waals surface area (Å²) in [5.74, 6) is 1.26. The minimum absolute atomic E-state index is 0.0165. The number of nitrogens with zero attached hydrogens (tertiary/aromatic N) is 4. The van der Waals surface area contributed by atoms with Gasteiger partial charge in [0.1, 0.15) is 23.4 Å².